The zero-order valence-electron chi connectivity index (χ0n) is 63.7. The normalized spacial score (nSPS) is 14.4. The highest BCUT2D eigenvalue weighted by Gasteiger charge is 2.25. The van der Waals surface area contributed by atoms with Gasteiger partial charge in [0.2, 0.25) is 0 Å². The van der Waals surface area contributed by atoms with Crippen LogP contribution in [0, 0.1) is 50.4 Å². The van der Waals surface area contributed by atoms with Gasteiger partial charge in [0.1, 0.15) is 86.4 Å². The smallest absolute Gasteiger partial charge is 0.329 e. The van der Waals surface area contributed by atoms with Crippen molar-refractivity contribution < 1.29 is 72.6 Å². The molecule has 0 radical (unpaired) electrons. The topological polar surface area (TPSA) is 354 Å². The molecule has 0 amide bonds. The van der Waals surface area contributed by atoms with Gasteiger partial charge >= 0.3 is 11.9 Å². The van der Waals surface area contributed by atoms with E-state index in [1.54, 1.807) is 55.9 Å². The van der Waals surface area contributed by atoms with Crippen LogP contribution in [0.4, 0.5) is 0 Å². The zero-order valence-corrected chi connectivity index (χ0v) is 66.0. The summed E-state index contributed by atoms with van der Waals surface area (Å²) in [5.41, 5.74) is 24.1. The fourth-order valence-corrected chi connectivity index (χ4v) is 13.2. The number of piperidine rings is 2. The molecule has 5 heterocycles. The van der Waals surface area contributed by atoms with E-state index in [9.17, 15) is 25.1 Å². The van der Waals surface area contributed by atoms with Crippen molar-refractivity contribution in [2.45, 2.75) is 117 Å². The average Bonchev–Trinajstić information content (AvgIpc) is 0.807. The van der Waals surface area contributed by atoms with E-state index in [4.69, 9.17) is 92.8 Å². The highest BCUT2D eigenvalue weighted by Crippen LogP contribution is 2.41. The molecule has 0 aliphatic carbocycles. The maximum absolute atomic E-state index is 11.0. The van der Waals surface area contributed by atoms with Gasteiger partial charge in [-0.15, -0.1) is 12.4 Å². The number of aliphatic hydroxyl groups excluding tert-OH is 2. The number of nitrogens with zero attached hydrogens (tertiary/aromatic N) is 7. The minimum atomic E-state index is -1.04. The van der Waals surface area contributed by atoms with E-state index in [0.29, 0.717) is 93.2 Å². The summed E-state index contributed by atoms with van der Waals surface area (Å²) in [7, 11) is 1.55. The second-order valence-corrected chi connectivity index (χ2v) is 27.9. The summed E-state index contributed by atoms with van der Waals surface area (Å²) in [5.74, 6) is 2.51. The number of pyridine rings is 2. The third kappa shape index (κ3) is 26.1. The van der Waals surface area contributed by atoms with Gasteiger partial charge in [0, 0.05) is 113 Å². The van der Waals surface area contributed by atoms with Gasteiger partial charge in [0.25, 0.3) is 0 Å². The van der Waals surface area contributed by atoms with E-state index in [1.807, 2.05) is 42.5 Å². The molecule has 11 rings (SSSR count). The number of likely N-dealkylation sites (tertiary alicyclic amines) is 2. The van der Waals surface area contributed by atoms with Crippen LogP contribution in [0.5, 0.6) is 40.2 Å². The SMILES string of the molecule is COc1cc(Cl)c(OCc2cccc(-c3cccc(OCCCN4CCC(O)CC4)c3C)c2C)cc1OCc1cncc(C#N)c1.Cc1c(COc2cc(OCc3cncc(C#N)c3)c(C3=NCC(OCC(=O)O)CN3)cc2Cl)cccc1-c1cccc(OCCCN2CCC(O)CC2)c1C.Cl.NCC(CN)OCC(=O)O. The van der Waals surface area contributed by atoms with Crippen LogP contribution in [0.1, 0.15) is 99.7 Å². The molecular weight excluding hydrogens is 1500 g/mol. The number of nitriles is 2. The minimum absolute atomic E-state index is 0. The second kappa shape index (κ2) is 45.0. The molecule has 1 unspecified atom stereocenters. The minimum Gasteiger partial charge on any atom is -0.493 e. The van der Waals surface area contributed by atoms with Crippen molar-refractivity contribution >= 4 is 53.4 Å². The number of nitrogens with two attached hydrogens (primary N) is 2. The van der Waals surface area contributed by atoms with E-state index in [-0.39, 0.29) is 76.8 Å². The van der Waals surface area contributed by atoms with Crippen LogP contribution in [0.15, 0.2) is 139 Å². The van der Waals surface area contributed by atoms with Crippen LogP contribution in [0.3, 0.4) is 0 Å². The van der Waals surface area contributed by atoms with Crippen molar-refractivity contribution in [3.63, 3.8) is 0 Å². The summed E-state index contributed by atoms with van der Waals surface area (Å²) < 4.78 is 53.1. The highest BCUT2D eigenvalue weighted by molar-refractivity contribution is 6.33. The molecular formula is C84H99Cl3N10O15. The van der Waals surface area contributed by atoms with Crippen LogP contribution in [-0.2, 0) is 45.5 Å². The number of aliphatic hydroxyl groups is 2. The first-order valence-electron chi connectivity index (χ1n) is 36.9. The monoisotopic (exact) mass is 1590 g/mol. The van der Waals surface area contributed by atoms with E-state index in [2.05, 4.69) is 100 Å². The Labute approximate surface area is 670 Å². The summed E-state index contributed by atoms with van der Waals surface area (Å²) in [6.07, 6.45) is 10.5. The van der Waals surface area contributed by atoms with Crippen LogP contribution < -0.4 is 49.9 Å². The number of hydrogen-bond acceptors (Lipinski definition) is 23. The second-order valence-electron chi connectivity index (χ2n) is 27.0. The molecule has 2 fully saturated rings. The first kappa shape index (κ1) is 87.7. The summed E-state index contributed by atoms with van der Waals surface area (Å²) in [6.45, 7) is 16.6. The van der Waals surface area contributed by atoms with Crippen LogP contribution >= 0.6 is 35.6 Å². The largest absolute Gasteiger partial charge is 0.493 e. The Balaban J connectivity index is 0.000000251. The van der Waals surface area contributed by atoms with Gasteiger partial charge in [-0.2, -0.15) is 10.5 Å². The highest BCUT2D eigenvalue weighted by atomic mass is 35.5. The number of methoxy groups -OCH3 is 1. The molecule has 8 aromatic rings. The molecule has 6 aromatic carbocycles. The molecule has 2 aromatic heterocycles. The third-order valence-corrected chi connectivity index (χ3v) is 19.8. The van der Waals surface area contributed by atoms with Crippen molar-refractivity contribution in [2.24, 2.45) is 16.5 Å². The van der Waals surface area contributed by atoms with Crippen molar-refractivity contribution in [2.75, 3.05) is 99.0 Å². The molecule has 9 N–H and O–H groups in total. The number of carboxylic acid groups (broad SMARTS) is 2. The molecule has 2 saturated heterocycles. The summed E-state index contributed by atoms with van der Waals surface area (Å²) in [6, 6.07) is 39.2. The lowest BCUT2D eigenvalue weighted by Crippen LogP contribution is -2.41. The van der Waals surface area contributed by atoms with E-state index >= 15 is 0 Å². The first-order valence-corrected chi connectivity index (χ1v) is 37.7. The maximum atomic E-state index is 11.0. The summed E-state index contributed by atoms with van der Waals surface area (Å²) >= 11 is 13.4. The predicted octanol–water partition coefficient (Wildman–Crippen LogP) is 12.2. The number of aliphatic imine (C=N–C) groups is 1. The average molecular weight is 1600 g/mol. The van der Waals surface area contributed by atoms with Crippen LogP contribution in [0.2, 0.25) is 10.0 Å². The first-order chi connectivity index (χ1) is 53.7. The fourth-order valence-electron chi connectivity index (χ4n) is 12.8. The van der Waals surface area contributed by atoms with Gasteiger partial charge in [-0.1, -0.05) is 83.9 Å². The maximum Gasteiger partial charge on any atom is 0.329 e. The van der Waals surface area contributed by atoms with Crippen LogP contribution in [0.25, 0.3) is 22.3 Å². The molecule has 28 heteroatoms. The number of ether oxygens (including phenoxy) is 9. The van der Waals surface area contributed by atoms with Gasteiger partial charge in [-0.3, -0.25) is 15.0 Å². The number of rotatable bonds is 34. The number of hydrogen-bond donors (Lipinski definition) is 7. The molecule has 3 aliphatic heterocycles. The number of amidine groups is 1. The van der Waals surface area contributed by atoms with E-state index in [0.717, 1.165) is 150 Å². The zero-order chi connectivity index (χ0) is 79.2. The Hall–Kier alpha value is -9.84. The van der Waals surface area contributed by atoms with Gasteiger partial charge in [0.05, 0.1) is 78.0 Å². The van der Waals surface area contributed by atoms with Crippen molar-refractivity contribution in [1.82, 2.24) is 25.1 Å². The molecule has 0 bridgehead atoms. The molecule has 1 atom stereocenters. The quantitative estimate of drug-likeness (QED) is 0.0184. The number of carbonyl (C=O) groups is 2. The Morgan fingerprint density at radius 3 is 1.45 bits per heavy atom. The number of carboxylic acids is 2. The predicted molar refractivity (Wildman–Crippen MR) is 430 cm³/mol. The lowest BCUT2D eigenvalue weighted by atomic mass is 9.93. The lowest BCUT2D eigenvalue weighted by molar-refractivity contribution is -0.144. The Kier molecular flexibility index (Phi) is 35.3. The van der Waals surface area contributed by atoms with Gasteiger partial charge in [0.15, 0.2) is 11.5 Å². The van der Waals surface area contributed by atoms with Gasteiger partial charge in [-0.05, 0) is 152 Å². The molecule has 25 nitrogen and oxygen atoms in total. The number of halogens is 3. The summed E-state index contributed by atoms with van der Waals surface area (Å²) in [4.78, 5) is 38.5. The van der Waals surface area contributed by atoms with E-state index in [1.165, 1.54) is 12.4 Å². The van der Waals surface area contributed by atoms with Gasteiger partial charge < -0.3 is 89.6 Å². The molecule has 0 saturated carbocycles. The molecule has 0 spiro atoms. The molecule has 596 valence electrons. The Morgan fingerprint density at radius 2 is 1.00 bits per heavy atom. The molecule has 112 heavy (non-hydrogen) atoms. The van der Waals surface area contributed by atoms with E-state index < -0.39 is 24.6 Å². The standard InChI is InChI=1S/C42H46ClN5O7.C37H40ClN3O5.C5H12N2O3.ClH/c1-27-31(6-3-7-34(27)35-8-4-9-38(28(35)2)52-15-5-12-48-13-10-32(49)11-14-48)25-55-40-18-39(54-24-30-16-29(19-44)20-45-21-30)36(17-37(40)43)42-46-22-33(23-47-42)53-26-41(50)51;1-25-29(24-46-35-19-37(36(43-3)18-33(35)38)45-23-28-17-27(20-39)21-40-22-28)7-4-8-31(25)32-9-5-10-34(26(32)2)44-16-6-13-41-14-11-30(42)12-15-41;6-1-4(2-7)10-3-5(8)9;/h3-4,6-9,16-18,20-21,32-33,49H,5,10-15,22-26H2,1-2H3,(H,46,47)(H,50,51);4-5,7-10,17-19,21-22,30,42H,6,11-16,23-24H2,1-3H3;4H,1-3,6-7H2,(H,8,9);1H. The summed E-state index contributed by atoms with van der Waals surface area (Å²) in [5, 5.41) is 59.1. The van der Waals surface area contributed by atoms with Crippen molar-refractivity contribution in [3.05, 3.63) is 205 Å². The van der Waals surface area contributed by atoms with Gasteiger partial charge in [-0.25, -0.2) is 9.59 Å². The Bertz CT molecular complexity index is 4520. The number of nitrogens with one attached hydrogen (secondary N) is 1. The van der Waals surface area contributed by atoms with Crippen molar-refractivity contribution in [3.8, 4) is 74.6 Å². The fraction of sp³-hybridized carbons (Fsp3) is 0.393. The lowest BCUT2D eigenvalue weighted by Gasteiger charge is -2.29. The number of benzene rings is 6. The number of aromatic nitrogens is 2. The third-order valence-electron chi connectivity index (χ3n) is 19.2. The van der Waals surface area contributed by atoms with Crippen LogP contribution in [-0.4, -0.2) is 181 Å². The molecule has 3 aliphatic rings. The Morgan fingerprint density at radius 1 is 0.554 bits per heavy atom. The van der Waals surface area contributed by atoms with Crippen molar-refractivity contribution in [1.29, 1.82) is 10.5 Å². The number of aliphatic carboxylic acids is 2.